The van der Waals surface area contributed by atoms with Gasteiger partial charge in [0.1, 0.15) is 28.8 Å². The zero-order chi connectivity index (χ0) is 27.4. The number of anilines is 1. The standard InChI is InChI=1S/C30H31NO7/c1-6-37-21-13-9-20(10-14-21)31-27(19-7-11-22(12-8-19)38-18(2)3)26(29(33)30(31)34)28(32)24-17-23(35-4)15-16-25(24)36-5/h7-18,27,32H,6H2,1-5H3/b28-26+. The van der Waals surface area contributed by atoms with Crippen LogP contribution in [0.1, 0.15) is 37.9 Å². The molecule has 1 atom stereocenters. The Kier molecular flexibility index (Phi) is 7.90. The highest BCUT2D eigenvalue weighted by atomic mass is 16.5. The second-order valence-corrected chi connectivity index (χ2v) is 8.90. The fourth-order valence-electron chi connectivity index (χ4n) is 4.43. The molecule has 3 aromatic carbocycles. The molecule has 1 fully saturated rings. The zero-order valence-electron chi connectivity index (χ0n) is 22.1. The van der Waals surface area contributed by atoms with Crippen LogP contribution < -0.4 is 23.8 Å². The largest absolute Gasteiger partial charge is 0.507 e. The quantitative estimate of drug-likeness (QED) is 0.227. The summed E-state index contributed by atoms with van der Waals surface area (Å²) in [5, 5.41) is 11.5. The lowest BCUT2D eigenvalue weighted by Gasteiger charge is -2.26. The van der Waals surface area contributed by atoms with E-state index in [1.54, 1.807) is 66.7 Å². The van der Waals surface area contributed by atoms with Crippen LogP contribution in [0.15, 0.2) is 72.3 Å². The number of carbonyl (C=O) groups excluding carboxylic acids is 2. The fraction of sp³-hybridized carbons (Fsp3) is 0.267. The highest BCUT2D eigenvalue weighted by molar-refractivity contribution is 6.51. The molecule has 0 spiro atoms. The minimum absolute atomic E-state index is 0.0177. The number of benzene rings is 3. The highest BCUT2D eigenvalue weighted by Gasteiger charge is 2.47. The number of amides is 1. The molecule has 1 amide bonds. The molecule has 198 valence electrons. The molecule has 0 aliphatic carbocycles. The van der Waals surface area contributed by atoms with Crippen LogP contribution in [0.25, 0.3) is 5.76 Å². The van der Waals surface area contributed by atoms with Crippen LogP contribution in [0.2, 0.25) is 0 Å². The summed E-state index contributed by atoms with van der Waals surface area (Å²) in [6.45, 7) is 6.23. The van der Waals surface area contributed by atoms with Crippen LogP contribution in [0.5, 0.6) is 23.0 Å². The number of carbonyl (C=O) groups is 2. The second-order valence-electron chi connectivity index (χ2n) is 8.90. The third-order valence-electron chi connectivity index (χ3n) is 6.10. The molecule has 8 heteroatoms. The second kappa shape index (κ2) is 11.3. The van der Waals surface area contributed by atoms with Gasteiger partial charge in [-0.3, -0.25) is 14.5 Å². The van der Waals surface area contributed by atoms with E-state index in [9.17, 15) is 14.7 Å². The maximum atomic E-state index is 13.5. The summed E-state index contributed by atoms with van der Waals surface area (Å²) in [6, 6.07) is 18.0. The number of aliphatic hydroxyl groups is 1. The van der Waals surface area contributed by atoms with Gasteiger partial charge in [0.25, 0.3) is 11.7 Å². The number of hydrogen-bond donors (Lipinski definition) is 1. The fourth-order valence-corrected chi connectivity index (χ4v) is 4.43. The number of nitrogens with zero attached hydrogens (tertiary/aromatic N) is 1. The first-order valence-corrected chi connectivity index (χ1v) is 12.3. The van der Waals surface area contributed by atoms with E-state index in [2.05, 4.69) is 0 Å². The molecule has 1 aliphatic rings. The Labute approximate surface area is 222 Å². The maximum Gasteiger partial charge on any atom is 0.300 e. The number of aliphatic hydroxyl groups excluding tert-OH is 1. The van der Waals surface area contributed by atoms with Crippen LogP contribution in [0, 0.1) is 0 Å². The number of methoxy groups -OCH3 is 2. The van der Waals surface area contributed by atoms with Gasteiger partial charge in [-0.05, 0) is 80.9 Å². The minimum Gasteiger partial charge on any atom is -0.507 e. The molecule has 1 unspecified atom stereocenters. The van der Waals surface area contributed by atoms with Crippen molar-refractivity contribution in [2.24, 2.45) is 0 Å². The molecule has 0 radical (unpaired) electrons. The van der Waals surface area contributed by atoms with Gasteiger partial charge in [0.15, 0.2) is 0 Å². The average molecular weight is 518 g/mol. The predicted octanol–water partition coefficient (Wildman–Crippen LogP) is 5.52. The van der Waals surface area contributed by atoms with Crippen molar-refractivity contribution in [2.75, 3.05) is 25.7 Å². The molecule has 1 heterocycles. The summed E-state index contributed by atoms with van der Waals surface area (Å²) in [4.78, 5) is 28.3. The minimum atomic E-state index is -0.906. The van der Waals surface area contributed by atoms with Gasteiger partial charge in [0, 0.05) is 5.69 Å². The molecular formula is C30H31NO7. The molecule has 0 saturated carbocycles. The number of hydrogen-bond acceptors (Lipinski definition) is 7. The van der Waals surface area contributed by atoms with Crippen LogP contribution in [-0.4, -0.2) is 43.7 Å². The van der Waals surface area contributed by atoms with Crippen molar-refractivity contribution in [2.45, 2.75) is 32.9 Å². The van der Waals surface area contributed by atoms with E-state index in [1.165, 1.54) is 19.1 Å². The van der Waals surface area contributed by atoms with E-state index in [0.717, 1.165) is 0 Å². The van der Waals surface area contributed by atoms with Gasteiger partial charge < -0.3 is 24.1 Å². The molecule has 1 N–H and O–H groups in total. The Bertz CT molecular complexity index is 1340. The topological polar surface area (TPSA) is 94.5 Å². The van der Waals surface area contributed by atoms with E-state index in [-0.39, 0.29) is 23.0 Å². The molecule has 1 saturated heterocycles. The summed E-state index contributed by atoms with van der Waals surface area (Å²) in [5.74, 6) is 0.144. The lowest BCUT2D eigenvalue weighted by Crippen LogP contribution is -2.29. The first kappa shape index (κ1) is 26.6. The summed E-state index contributed by atoms with van der Waals surface area (Å²) < 4.78 is 22.1. The van der Waals surface area contributed by atoms with E-state index in [1.807, 2.05) is 20.8 Å². The number of ether oxygens (including phenoxy) is 4. The third kappa shape index (κ3) is 5.16. The molecule has 38 heavy (non-hydrogen) atoms. The van der Waals surface area contributed by atoms with Gasteiger partial charge in [-0.1, -0.05) is 12.1 Å². The summed E-state index contributed by atoms with van der Waals surface area (Å²) in [5.41, 5.74) is 1.28. The van der Waals surface area contributed by atoms with Gasteiger partial charge in [0.2, 0.25) is 0 Å². The first-order chi connectivity index (χ1) is 18.3. The van der Waals surface area contributed by atoms with Crippen molar-refractivity contribution < 1.29 is 33.6 Å². The van der Waals surface area contributed by atoms with Crippen molar-refractivity contribution in [3.05, 3.63) is 83.4 Å². The van der Waals surface area contributed by atoms with Crippen LogP contribution in [0.4, 0.5) is 5.69 Å². The molecule has 8 nitrogen and oxygen atoms in total. The smallest absolute Gasteiger partial charge is 0.300 e. The molecule has 4 rings (SSSR count). The SMILES string of the molecule is CCOc1ccc(N2C(=O)C(=O)/C(=C(/O)c3cc(OC)ccc3OC)C2c2ccc(OC(C)C)cc2)cc1. The van der Waals surface area contributed by atoms with Crippen molar-refractivity contribution in [1.82, 2.24) is 0 Å². The lowest BCUT2D eigenvalue weighted by molar-refractivity contribution is -0.132. The first-order valence-electron chi connectivity index (χ1n) is 12.3. The Morgan fingerprint density at radius 3 is 2.11 bits per heavy atom. The Morgan fingerprint density at radius 2 is 1.53 bits per heavy atom. The molecule has 3 aromatic rings. The van der Waals surface area contributed by atoms with Gasteiger partial charge in [-0.25, -0.2) is 0 Å². The van der Waals surface area contributed by atoms with Gasteiger partial charge in [0.05, 0.1) is 44.1 Å². The van der Waals surface area contributed by atoms with Gasteiger partial charge >= 0.3 is 0 Å². The van der Waals surface area contributed by atoms with Crippen LogP contribution >= 0.6 is 0 Å². The third-order valence-corrected chi connectivity index (χ3v) is 6.10. The average Bonchev–Trinajstić information content (AvgIpc) is 3.18. The van der Waals surface area contributed by atoms with E-state index in [4.69, 9.17) is 18.9 Å². The van der Waals surface area contributed by atoms with Crippen molar-refractivity contribution >= 4 is 23.1 Å². The Hall–Kier alpha value is -4.46. The molecule has 1 aliphatic heterocycles. The normalized spacial score (nSPS) is 16.6. The summed E-state index contributed by atoms with van der Waals surface area (Å²) in [6.07, 6.45) is -0.0177. The lowest BCUT2D eigenvalue weighted by atomic mass is 9.94. The van der Waals surface area contributed by atoms with Crippen molar-refractivity contribution in [3.63, 3.8) is 0 Å². The highest BCUT2D eigenvalue weighted by Crippen LogP contribution is 2.44. The van der Waals surface area contributed by atoms with E-state index >= 15 is 0 Å². The zero-order valence-corrected chi connectivity index (χ0v) is 22.1. The van der Waals surface area contributed by atoms with Crippen LogP contribution in [-0.2, 0) is 9.59 Å². The van der Waals surface area contributed by atoms with Crippen molar-refractivity contribution in [1.29, 1.82) is 0 Å². The summed E-state index contributed by atoms with van der Waals surface area (Å²) >= 11 is 0. The van der Waals surface area contributed by atoms with E-state index < -0.39 is 17.7 Å². The molecular weight excluding hydrogens is 486 g/mol. The van der Waals surface area contributed by atoms with Gasteiger partial charge in [-0.2, -0.15) is 0 Å². The number of ketones is 1. The van der Waals surface area contributed by atoms with Crippen molar-refractivity contribution in [3.8, 4) is 23.0 Å². The Morgan fingerprint density at radius 1 is 0.895 bits per heavy atom. The van der Waals surface area contributed by atoms with E-state index in [0.29, 0.717) is 40.9 Å². The molecule has 0 aromatic heterocycles. The number of rotatable bonds is 9. The monoisotopic (exact) mass is 517 g/mol. The Balaban J connectivity index is 1.90. The maximum absolute atomic E-state index is 13.5. The summed E-state index contributed by atoms with van der Waals surface area (Å²) in [7, 11) is 2.96. The molecule has 0 bridgehead atoms. The van der Waals surface area contributed by atoms with Crippen LogP contribution in [0.3, 0.4) is 0 Å². The predicted molar refractivity (Wildman–Crippen MR) is 144 cm³/mol. The van der Waals surface area contributed by atoms with Gasteiger partial charge in [-0.15, -0.1) is 0 Å². The number of Topliss-reactive ketones (excluding diaryl/α,β-unsaturated/α-hetero) is 1.